The van der Waals surface area contributed by atoms with Gasteiger partial charge in [0.05, 0.1) is 12.2 Å². The van der Waals surface area contributed by atoms with Gasteiger partial charge in [-0.3, -0.25) is 0 Å². The van der Waals surface area contributed by atoms with Crippen molar-refractivity contribution in [1.82, 2.24) is 0 Å². The number of aliphatic hydroxyl groups is 1. The summed E-state index contributed by atoms with van der Waals surface area (Å²) in [5, 5.41) is 10.1. The molecule has 1 aliphatic rings. The summed E-state index contributed by atoms with van der Waals surface area (Å²) in [6.07, 6.45) is 4.27. The molecule has 0 aliphatic carbocycles. The van der Waals surface area contributed by atoms with E-state index in [0.717, 1.165) is 37.2 Å². The number of likely N-dealkylation sites (N-methyl/N-ethyl adjacent to an activating group) is 1. The van der Waals surface area contributed by atoms with Gasteiger partial charge in [0.2, 0.25) is 0 Å². The first-order chi connectivity index (χ1) is 9.22. The average molecular weight is 263 g/mol. The van der Waals surface area contributed by atoms with Gasteiger partial charge in [-0.15, -0.1) is 0 Å². The third-order valence-corrected chi connectivity index (χ3v) is 3.85. The number of hydrogen-bond donors (Lipinski definition) is 1. The van der Waals surface area contributed by atoms with Crippen LogP contribution in [0.5, 0.6) is 0 Å². The maximum absolute atomic E-state index is 10.1. The molecule has 1 aliphatic heterocycles. The lowest BCUT2D eigenvalue weighted by atomic mass is 10.0. The molecule has 1 fully saturated rings. The van der Waals surface area contributed by atoms with Gasteiger partial charge in [-0.25, -0.2) is 0 Å². The highest BCUT2D eigenvalue weighted by Gasteiger charge is 2.19. The first-order valence-corrected chi connectivity index (χ1v) is 7.32. The zero-order valence-electron chi connectivity index (χ0n) is 12.0. The maximum atomic E-state index is 10.1. The van der Waals surface area contributed by atoms with Crippen molar-refractivity contribution in [1.29, 1.82) is 0 Å². The molecule has 0 saturated carbocycles. The molecule has 2 atom stereocenters. The Morgan fingerprint density at radius 3 is 2.84 bits per heavy atom. The van der Waals surface area contributed by atoms with E-state index in [2.05, 4.69) is 18.0 Å². The van der Waals surface area contributed by atoms with Gasteiger partial charge in [-0.1, -0.05) is 25.1 Å². The molecule has 0 amide bonds. The Balaban J connectivity index is 2.07. The van der Waals surface area contributed by atoms with E-state index >= 15 is 0 Å². The van der Waals surface area contributed by atoms with Crippen LogP contribution in [-0.2, 0) is 4.74 Å². The topological polar surface area (TPSA) is 32.7 Å². The predicted octanol–water partition coefficient (Wildman–Crippen LogP) is 3.14. The van der Waals surface area contributed by atoms with Crippen LogP contribution in [0.3, 0.4) is 0 Å². The first kappa shape index (κ1) is 14.4. The number of para-hydroxylation sites is 1. The summed E-state index contributed by atoms with van der Waals surface area (Å²) in [5.41, 5.74) is 2.13. The van der Waals surface area contributed by atoms with Crippen molar-refractivity contribution >= 4 is 5.69 Å². The SMILES string of the molecule is CC[C@H](O)c1ccccc1N(C)CC1CCCCO1. The molecule has 0 radical (unpaired) electrons. The predicted molar refractivity (Wildman–Crippen MR) is 78.6 cm³/mol. The molecule has 1 aromatic rings. The van der Waals surface area contributed by atoms with E-state index in [0.29, 0.717) is 6.10 Å². The molecule has 0 spiro atoms. The summed E-state index contributed by atoms with van der Waals surface area (Å²) in [6.45, 7) is 3.79. The van der Waals surface area contributed by atoms with Crippen molar-refractivity contribution in [2.24, 2.45) is 0 Å². The summed E-state index contributed by atoms with van der Waals surface area (Å²) in [7, 11) is 2.08. The molecule has 1 N–H and O–H groups in total. The van der Waals surface area contributed by atoms with E-state index < -0.39 is 0 Å². The Morgan fingerprint density at radius 1 is 1.37 bits per heavy atom. The van der Waals surface area contributed by atoms with Crippen LogP contribution in [0.4, 0.5) is 5.69 Å². The lowest BCUT2D eigenvalue weighted by molar-refractivity contribution is 0.0215. The van der Waals surface area contributed by atoms with E-state index in [9.17, 15) is 5.11 Å². The van der Waals surface area contributed by atoms with Gasteiger partial charge in [0.1, 0.15) is 0 Å². The molecule has 2 rings (SSSR count). The second kappa shape index (κ2) is 6.92. The van der Waals surface area contributed by atoms with Gasteiger partial charge < -0.3 is 14.7 Å². The Morgan fingerprint density at radius 2 is 2.16 bits per heavy atom. The van der Waals surface area contributed by atoms with Crippen molar-refractivity contribution < 1.29 is 9.84 Å². The van der Waals surface area contributed by atoms with Crippen molar-refractivity contribution in [2.75, 3.05) is 25.1 Å². The monoisotopic (exact) mass is 263 g/mol. The Hall–Kier alpha value is -1.06. The lowest BCUT2D eigenvalue weighted by Crippen LogP contribution is -2.33. The minimum atomic E-state index is -0.383. The largest absolute Gasteiger partial charge is 0.388 e. The van der Waals surface area contributed by atoms with Crippen molar-refractivity contribution in [2.45, 2.75) is 44.8 Å². The number of anilines is 1. The van der Waals surface area contributed by atoms with Gasteiger partial charge in [-0.05, 0) is 31.7 Å². The number of aliphatic hydroxyl groups excluding tert-OH is 1. The number of ether oxygens (including phenoxy) is 1. The summed E-state index contributed by atoms with van der Waals surface area (Å²) < 4.78 is 5.79. The molecule has 3 heteroatoms. The fourth-order valence-electron chi connectivity index (χ4n) is 2.69. The second-order valence-corrected chi connectivity index (χ2v) is 5.35. The van der Waals surface area contributed by atoms with E-state index in [-0.39, 0.29) is 6.10 Å². The van der Waals surface area contributed by atoms with Crippen LogP contribution in [0.1, 0.15) is 44.3 Å². The molecule has 3 nitrogen and oxygen atoms in total. The van der Waals surface area contributed by atoms with Crippen molar-refractivity contribution in [3.8, 4) is 0 Å². The van der Waals surface area contributed by atoms with Crippen molar-refractivity contribution in [3.63, 3.8) is 0 Å². The molecular weight excluding hydrogens is 238 g/mol. The maximum Gasteiger partial charge on any atom is 0.0807 e. The molecule has 0 aromatic heterocycles. The second-order valence-electron chi connectivity index (χ2n) is 5.35. The van der Waals surface area contributed by atoms with Gasteiger partial charge in [0.25, 0.3) is 0 Å². The van der Waals surface area contributed by atoms with Crippen LogP contribution < -0.4 is 4.90 Å². The Kier molecular flexibility index (Phi) is 5.23. The van der Waals surface area contributed by atoms with E-state index in [4.69, 9.17) is 4.74 Å². The molecule has 1 heterocycles. The molecule has 0 bridgehead atoms. The molecule has 1 unspecified atom stereocenters. The van der Waals surface area contributed by atoms with Crippen LogP contribution in [0.15, 0.2) is 24.3 Å². The van der Waals surface area contributed by atoms with Crippen LogP contribution >= 0.6 is 0 Å². The summed E-state index contributed by atoms with van der Waals surface area (Å²) in [6, 6.07) is 8.11. The standard InChI is InChI=1S/C16H25NO2/c1-3-16(18)14-9-4-5-10-15(14)17(2)12-13-8-6-7-11-19-13/h4-5,9-10,13,16,18H,3,6-8,11-12H2,1-2H3/t13?,16-/m0/s1. The highest BCUT2D eigenvalue weighted by Crippen LogP contribution is 2.28. The van der Waals surface area contributed by atoms with Gasteiger partial charge in [0.15, 0.2) is 0 Å². The summed E-state index contributed by atoms with van der Waals surface area (Å²) >= 11 is 0. The lowest BCUT2D eigenvalue weighted by Gasteiger charge is -2.30. The van der Waals surface area contributed by atoms with Crippen LogP contribution in [0.25, 0.3) is 0 Å². The summed E-state index contributed by atoms with van der Waals surface area (Å²) in [5.74, 6) is 0. The Labute approximate surface area is 116 Å². The van der Waals surface area contributed by atoms with E-state index in [1.54, 1.807) is 0 Å². The van der Waals surface area contributed by atoms with Crippen LogP contribution in [0, 0.1) is 0 Å². The van der Waals surface area contributed by atoms with Crippen molar-refractivity contribution in [3.05, 3.63) is 29.8 Å². The smallest absolute Gasteiger partial charge is 0.0807 e. The van der Waals surface area contributed by atoms with Crippen LogP contribution in [-0.4, -0.2) is 31.4 Å². The van der Waals surface area contributed by atoms with Crippen LogP contribution in [0.2, 0.25) is 0 Å². The number of nitrogens with zero attached hydrogens (tertiary/aromatic N) is 1. The quantitative estimate of drug-likeness (QED) is 0.886. The number of benzene rings is 1. The Bertz CT molecular complexity index is 388. The molecule has 1 saturated heterocycles. The number of hydrogen-bond acceptors (Lipinski definition) is 3. The fraction of sp³-hybridized carbons (Fsp3) is 0.625. The minimum absolute atomic E-state index is 0.325. The highest BCUT2D eigenvalue weighted by molar-refractivity contribution is 5.54. The fourth-order valence-corrected chi connectivity index (χ4v) is 2.69. The highest BCUT2D eigenvalue weighted by atomic mass is 16.5. The summed E-state index contributed by atoms with van der Waals surface area (Å²) in [4.78, 5) is 2.21. The molecule has 1 aromatic carbocycles. The normalized spacial score (nSPS) is 21.1. The zero-order valence-corrected chi connectivity index (χ0v) is 12.0. The van der Waals surface area contributed by atoms with Gasteiger partial charge >= 0.3 is 0 Å². The molecule has 106 valence electrons. The van der Waals surface area contributed by atoms with E-state index in [1.165, 1.54) is 12.8 Å². The molecule has 19 heavy (non-hydrogen) atoms. The zero-order chi connectivity index (χ0) is 13.7. The van der Waals surface area contributed by atoms with Gasteiger partial charge in [0, 0.05) is 31.5 Å². The van der Waals surface area contributed by atoms with Gasteiger partial charge in [-0.2, -0.15) is 0 Å². The minimum Gasteiger partial charge on any atom is -0.388 e. The van der Waals surface area contributed by atoms with E-state index in [1.807, 2.05) is 25.1 Å². The third-order valence-electron chi connectivity index (χ3n) is 3.85. The number of rotatable bonds is 5. The molecular formula is C16H25NO2. The third kappa shape index (κ3) is 3.71. The first-order valence-electron chi connectivity index (χ1n) is 7.32. The average Bonchev–Trinajstić information content (AvgIpc) is 2.47.